The molecule has 0 aromatic heterocycles. The molecule has 0 aliphatic heterocycles. The fourth-order valence-electron chi connectivity index (χ4n) is 1.98. The summed E-state index contributed by atoms with van der Waals surface area (Å²) in [6.07, 6.45) is -0.712. The third-order valence-corrected chi connectivity index (χ3v) is 3.33. The van der Waals surface area contributed by atoms with Gasteiger partial charge in [-0.2, -0.15) is 0 Å². The van der Waals surface area contributed by atoms with Gasteiger partial charge in [-0.25, -0.2) is 4.39 Å². The molecular formula is C14H20BrFO2. The molecule has 1 aromatic rings. The first-order chi connectivity index (χ1) is 8.45. The molecule has 0 spiro atoms. The summed E-state index contributed by atoms with van der Waals surface area (Å²) in [7, 11) is 0. The molecule has 0 heterocycles. The van der Waals surface area contributed by atoms with Crippen LogP contribution in [0.5, 0.6) is 0 Å². The summed E-state index contributed by atoms with van der Waals surface area (Å²) in [5.41, 5.74) is 0.502. The van der Waals surface area contributed by atoms with Gasteiger partial charge in [-0.15, -0.1) is 0 Å². The van der Waals surface area contributed by atoms with E-state index in [-0.39, 0.29) is 24.3 Å². The van der Waals surface area contributed by atoms with Gasteiger partial charge in [-0.3, -0.25) is 0 Å². The third kappa shape index (κ3) is 4.34. The van der Waals surface area contributed by atoms with Crippen LogP contribution in [0.1, 0.15) is 26.3 Å². The van der Waals surface area contributed by atoms with E-state index in [1.165, 1.54) is 6.07 Å². The maximum atomic E-state index is 13.6. The van der Waals surface area contributed by atoms with E-state index < -0.39 is 6.10 Å². The average molecular weight is 319 g/mol. The maximum Gasteiger partial charge on any atom is 0.126 e. The number of benzene rings is 1. The standard InChI is InChI=1S/C14H20BrFO2/c1-4-18-14(9(2)3)13(17)8-10-7-11(15)5-6-12(10)16/h5-7,9,13-14,17H,4,8H2,1-3H3. The van der Waals surface area contributed by atoms with E-state index in [9.17, 15) is 9.50 Å². The molecule has 2 atom stereocenters. The Morgan fingerprint density at radius 3 is 2.61 bits per heavy atom. The Bertz CT molecular complexity index is 382. The molecule has 18 heavy (non-hydrogen) atoms. The third-order valence-electron chi connectivity index (χ3n) is 2.83. The first-order valence-corrected chi connectivity index (χ1v) is 6.98. The van der Waals surface area contributed by atoms with Crippen LogP contribution in [0.3, 0.4) is 0 Å². The first kappa shape index (κ1) is 15.6. The Morgan fingerprint density at radius 1 is 1.39 bits per heavy atom. The van der Waals surface area contributed by atoms with Gasteiger partial charge in [0.15, 0.2) is 0 Å². The Kier molecular flexibility index (Phi) is 6.26. The SMILES string of the molecule is CCOC(C(C)C)C(O)Cc1cc(Br)ccc1F. The molecule has 0 aliphatic rings. The largest absolute Gasteiger partial charge is 0.390 e. The summed E-state index contributed by atoms with van der Waals surface area (Å²) in [5, 5.41) is 10.2. The predicted molar refractivity (Wildman–Crippen MR) is 74.1 cm³/mol. The van der Waals surface area contributed by atoms with Gasteiger partial charge in [0, 0.05) is 17.5 Å². The van der Waals surface area contributed by atoms with Gasteiger partial charge in [0.25, 0.3) is 0 Å². The zero-order chi connectivity index (χ0) is 13.7. The minimum Gasteiger partial charge on any atom is -0.390 e. The summed E-state index contributed by atoms with van der Waals surface area (Å²) in [4.78, 5) is 0. The van der Waals surface area contributed by atoms with Crippen LogP contribution in [-0.4, -0.2) is 23.9 Å². The van der Waals surface area contributed by atoms with Crippen LogP contribution in [0, 0.1) is 11.7 Å². The van der Waals surface area contributed by atoms with Gasteiger partial charge in [-0.05, 0) is 36.6 Å². The van der Waals surface area contributed by atoms with E-state index in [0.29, 0.717) is 12.2 Å². The van der Waals surface area contributed by atoms with Crippen LogP contribution in [-0.2, 0) is 11.2 Å². The monoisotopic (exact) mass is 318 g/mol. The van der Waals surface area contributed by atoms with Gasteiger partial charge in [0.05, 0.1) is 12.2 Å². The van der Waals surface area contributed by atoms with Crippen molar-refractivity contribution in [1.29, 1.82) is 0 Å². The predicted octanol–water partition coefficient (Wildman–Crippen LogP) is 3.55. The van der Waals surface area contributed by atoms with E-state index >= 15 is 0 Å². The molecule has 0 aliphatic carbocycles. The second-order valence-corrected chi connectivity index (χ2v) is 5.59. The molecule has 102 valence electrons. The number of hydrogen-bond acceptors (Lipinski definition) is 2. The van der Waals surface area contributed by atoms with Crippen molar-refractivity contribution in [1.82, 2.24) is 0 Å². The van der Waals surface area contributed by atoms with Crippen LogP contribution < -0.4 is 0 Å². The molecule has 2 nitrogen and oxygen atoms in total. The summed E-state index contributed by atoms with van der Waals surface area (Å²) in [6.45, 7) is 6.41. The molecule has 4 heteroatoms. The second-order valence-electron chi connectivity index (χ2n) is 4.67. The lowest BCUT2D eigenvalue weighted by Crippen LogP contribution is -2.35. The minimum absolute atomic E-state index is 0.190. The van der Waals surface area contributed by atoms with Crippen molar-refractivity contribution in [2.24, 2.45) is 5.92 Å². The highest BCUT2D eigenvalue weighted by Gasteiger charge is 2.24. The van der Waals surface area contributed by atoms with Crippen molar-refractivity contribution >= 4 is 15.9 Å². The van der Waals surface area contributed by atoms with Gasteiger partial charge in [-0.1, -0.05) is 29.8 Å². The lowest BCUT2D eigenvalue weighted by atomic mass is 9.96. The molecule has 0 bridgehead atoms. The number of ether oxygens (including phenoxy) is 1. The first-order valence-electron chi connectivity index (χ1n) is 6.19. The molecule has 0 fully saturated rings. The van der Waals surface area contributed by atoms with E-state index in [1.54, 1.807) is 12.1 Å². The highest BCUT2D eigenvalue weighted by molar-refractivity contribution is 9.10. The van der Waals surface area contributed by atoms with Crippen LogP contribution in [0.15, 0.2) is 22.7 Å². The van der Waals surface area contributed by atoms with Crippen molar-refractivity contribution in [3.8, 4) is 0 Å². The van der Waals surface area contributed by atoms with Crippen LogP contribution in [0.25, 0.3) is 0 Å². The molecule has 0 amide bonds. The Hall–Kier alpha value is -0.450. The molecule has 0 saturated heterocycles. The summed E-state index contributed by atoms with van der Waals surface area (Å²) in [5.74, 6) is -0.105. The normalized spacial score (nSPS) is 14.8. The second kappa shape index (κ2) is 7.22. The van der Waals surface area contributed by atoms with Gasteiger partial charge < -0.3 is 9.84 Å². The topological polar surface area (TPSA) is 29.5 Å². The number of aliphatic hydroxyl groups is 1. The fourth-order valence-corrected chi connectivity index (χ4v) is 2.39. The van der Waals surface area contributed by atoms with Gasteiger partial charge in [0.1, 0.15) is 5.82 Å². The minimum atomic E-state index is -0.700. The smallest absolute Gasteiger partial charge is 0.126 e. The van der Waals surface area contributed by atoms with Crippen molar-refractivity contribution in [2.75, 3.05) is 6.61 Å². The van der Waals surface area contributed by atoms with Crippen LogP contribution >= 0.6 is 15.9 Å². The number of hydrogen-bond donors (Lipinski definition) is 1. The molecule has 0 radical (unpaired) electrons. The summed E-state index contributed by atoms with van der Waals surface area (Å²) >= 11 is 3.30. The molecule has 1 aromatic carbocycles. The molecule has 0 saturated carbocycles. The molecule has 1 N–H and O–H groups in total. The van der Waals surface area contributed by atoms with Crippen molar-refractivity contribution in [2.45, 2.75) is 39.4 Å². The Balaban J connectivity index is 2.78. The maximum absolute atomic E-state index is 13.6. The van der Waals surface area contributed by atoms with Crippen molar-refractivity contribution in [3.05, 3.63) is 34.1 Å². The van der Waals surface area contributed by atoms with E-state index in [2.05, 4.69) is 15.9 Å². The summed E-state index contributed by atoms with van der Waals surface area (Å²) < 4.78 is 19.9. The quantitative estimate of drug-likeness (QED) is 0.869. The van der Waals surface area contributed by atoms with Crippen LogP contribution in [0.2, 0.25) is 0 Å². The number of aliphatic hydroxyl groups excluding tert-OH is 1. The average Bonchev–Trinajstić information content (AvgIpc) is 2.30. The van der Waals surface area contributed by atoms with E-state index in [4.69, 9.17) is 4.74 Å². The van der Waals surface area contributed by atoms with Gasteiger partial charge >= 0.3 is 0 Å². The van der Waals surface area contributed by atoms with Crippen molar-refractivity contribution < 1.29 is 14.2 Å². The van der Waals surface area contributed by atoms with E-state index in [1.807, 2.05) is 20.8 Å². The zero-order valence-corrected chi connectivity index (χ0v) is 12.6. The van der Waals surface area contributed by atoms with E-state index in [0.717, 1.165) is 4.47 Å². The highest BCUT2D eigenvalue weighted by atomic mass is 79.9. The molecule has 1 rings (SSSR count). The number of halogens is 2. The molecular weight excluding hydrogens is 299 g/mol. The summed E-state index contributed by atoms with van der Waals surface area (Å²) in [6, 6.07) is 4.74. The van der Waals surface area contributed by atoms with Crippen LogP contribution in [0.4, 0.5) is 4.39 Å². The lowest BCUT2D eigenvalue weighted by molar-refractivity contribution is -0.0564. The van der Waals surface area contributed by atoms with Crippen molar-refractivity contribution in [3.63, 3.8) is 0 Å². The number of rotatable bonds is 6. The molecule has 2 unspecified atom stereocenters. The zero-order valence-electron chi connectivity index (χ0n) is 11.0. The Labute approximate surface area is 116 Å². The highest BCUT2D eigenvalue weighted by Crippen LogP contribution is 2.20. The Morgan fingerprint density at radius 2 is 2.06 bits per heavy atom. The lowest BCUT2D eigenvalue weighted by Gasteiger charge is -2.26. The fraction of sp³-hybridized carbons (Fsp3) is 0.571. The van der Waals surface area contributed by atoms with Gasteiger partial charge in [0.2, 0.25) is 0 Å².